The molecule has 0 saturated heterocycles. The van der Waals surface area contributed by atoms with E-state index in [1.165, 1.54) is 0 Å². The van der Waals surface area contributed by atoms with Crippen molar-refractivity contribution >= 4 is 17.6 Å². The summed E-state index contributed by atoms with van der Waals surface area (Å²) in [4.78, 5) is 9.35. The molecule has 4 nitrogen and oxygen atoms in total. The maximum absolute atomic E-state index is 5.28. The van der Waals surface area contributed by atoms with Crippen molar-refractivity contribution in [3.63, 3.8) is 0 Å². The van der Waals surface area contributed by atoms with Crippen molar-refractivity contribution in [1.82, 2.24) is 9.97 Å². The summed E-state index contributed by atoms with van der Waals surface area (Å²) in [5, 5.41) is 0.900. The molecular formula is C10H10N4S. The van der Waals surface area contributed by atoms with E-state index in [1.807, 2.05) is 30.3 Å². The zero-order valence-electron chi connectivity index (χ0n) is 7.92. The summed E-state index contributed by atoms with van der Waals surface area (Å²) in [5.74, 6) is 5.94. The van der Waals surface area contributed by atoms with Gasteiger partial charge in [0.1, 0.15) is 10.8 Å². The Hall–Kier alpha value is -1.59. The highest BCUT2D eigenvalue weighted by Crippen LogP contribution is 2.25. The number of nitrogens with two attached hydrogens (primary N) is 1. The van der Waals surface area contributed by atoms with Crippen LogP contribution in [0, 0.1) is 0 Å². The highest BCUT2D eigenvalue weighted by atomic mass is 32.2. The number of nitrogens with zero attached hydrogens (tertiary/aromatic N) is 2. The minimum atomic E-state index is 0.661. The van der Waals surface area contributed by atoms with Crippen LogP contribution in [0.25, 0.3) is 0 Å². The molecule has 0 aliphatic rings. The van der Waals surface area contributed by atoms with Gasteiger partial charge in [-0.05, 0) is 24.3 Å². The third kappa shape index (κ3) is 2.68. The topological polar surface area (TPSA) is 63.8 Å². The molecule has 0 amide bonds. The number of nitrogen functional groups attached to an aromatic ring is 1. The number of hydrogen-bond acceptors (Lipinski definition) is 5. The molecule has 0 radical (unpaired) electrons. The number of rotatable bonds is 3. The molecule has 3 N–H and O–H groups in total. The van der Waals surface area contributed by atoms with Crippen LogP contribution >= 0.6 is 11.8 Å². The largest absolute Gasteiger partial charge is 0.308 e. The highest BCUT2D eigenvalue weighted by molar-refractivity contribution is 7.99. The minimum absolute atomic E-state index is 0.661. The molecule has 2 heterocycles. The molecule has 2 aromatic rings. The van der Waals surface area contributed by atoms with Crippen LogP contribution in [0.4, 0.5) is 5.82 Å². The van der Waals surface area contributed by atoms with Gasteiger partial charge in [-0.3, -0.25) is 4.98 Å². The van der Waals surface area contributed by atoms with Crippen molar-refractivity contribution in [2.45, 2.75) is 9.92 Å². The van der Waals surface area contributed by atoms with Crippen LogP contribution in [0.15, 0.2) is 52.6 Å². The van der Waals surface area contributed by atoms with Gasteiger partial charge in [0.15, 0.2) is 0 Å². The van der Waals surface area contributed by atoms with Gasteiger partial charge in [0.2, 0.25) is 0 Å². The predicted molar refractivity (Wildman–Crippen MR) is 60.4 cm³/mol. The van der Waals surface area contributed by atoms with Crippen LogP contribution in [0.2, 0.25) is 0 Å². The lowest BCUT2D eigenvalue weighted by Gasteiger charge is -2.02. The van der Waals surface area contributed by atoms with Crippen LogP contribution in [-0.2, 0) is 0 Å². The quantitative estimate of drug-likeness (QED) is 0.608. The number of anilines is 1. The van der Waals surface area contributed by atoms with Gasteiger partial charge >= 0.3 is 0 Å². The second-order valence-electron chi connectivity index (χ2n) is 2.79. The molecule has 0 saturated carbocycles. The Balaban J connectivity index is 2.17. The fourth-order valence-electron chi connectivity index (χ4n) is 1.08. The fraction of sp³-hybridized carbons (Fsp3) is 0. The summed E-state index contributed by atoms with van der Waals surface area (Å²) in [6.45, 7) is 0. The molecular weight excluding hydrogens is 208 g/mol. The molecule has 15 heavy (non-hydrogen) atoms. The lowest BCUT2D eigenvalue weighted by molar-refractivity contribution is 1.10. The monoisotopic (exact) mass is 218 g/mol. The van der Waals surface area contributed by atoms with E-state index >= 15 is 0 Å². The van der Waals surface area contributed by atoms with E-state index in [4.69, 9.17) is 5.84 Å². The van der Waals surface area contributed by atoms with Crippen LogP contribution in [-0.4, -0.2) is 9.97 Å². The average Bonchev–Trinajstić information content (AvgIpc) is 2.31. The lowest BCUT2D eigenvalue weighted by atomic mass is 10.5. The molecule has 2 aromatic heterocycles. The van der Waals surface area contributed by atoms with Crippen molar-refractivity contribution in [3.8, 4) is 0 Å². The van der Waals surface area contributed by atoms with E-state index in [1.54, 1.807) is 24.2 Å². The Morgan fingerprint density at radius 1 is 1.13 bits per heavy atom. The molecule has 0 atom stereocenters. The first-order valence-corrected chi connectivity index (χ1v) is 5.22. The second-order valence-corrected chi connectivity index (χ2v) is 3.88. The lowest BCUT2D eigenvalue weighted by Crippen LogP contribution is -2.08. The van der Waals surface area contributed by atoms with E-state index < -0.39 is 0 Å². The first-order chi connectivity index (χ1) is 7.38. The maximum Gasteiger partial charge on any atom is 0.141 e. The van der Waals surface area contributed by atoms with Crippen molar-refractivity contribution in [2.24, 2.45) is 5.84 Å². The molecule has 0 aliphatic heterocycles. The zero-order valence-corrected chi connectivity index (χ0v) is 8.74. The molecule has 76 valence electrons. The van der Waals surface area contributed by atoms with Gasteiger partial charge in [-0.25, -0.2) is 10.8 Å². The third-order valence-corrected chi connectivity index (χ3v) is 2.69. The van der Waals surface area contributed by atoms with Crippen molar-refractivity contribution < 1.29 is 0 Å². The zero-order chi connectivity index (χ0) is 10.5. The molecule has 2 rings (SSSR count). The minimum Gasteiger partial charge on any atom is -0.308 e. The molecule has 0 bridgehead atoms. The Morgan fingerprint density at radius 3 is 2.67 bits per heavy atom. The van der Waals surface area contributed by atoms with Gasteiger partial charge in [-0.2, -0.15) is 0 Å². The summed E-state index contributed by atoms with van der Waals surface area (Å²) < 4.78 is 0. The van der Waals surface area contributed by atoms with Crippen LogP contribution in [0.5, 0.6) is 0 Å². The van der Waals surface area contributed by atoms with E-state index in [0.29, 0.717) is 5.82 Å². The molecule has 0 aromatic carbocycles. The predicted octanol–water partition coefficient (Wildman–Crippen LogP) is 1.91. The van der Waals surface area contributed by atoms with Crippen LogP contribution < -0.4 is 11.3 Å². The third-order valence-electron chi connectivity index (χ3n) is 1.74. The number of pyridine rings is 2. The van der Waals surface area contributed by atoms with Gasteiger partial charge in [-0.1, -0.05) is 17.8 Å². The smallest absolute Gasteiger partial charge is 0.141 e. The number of hydrazine groups is 1. The van der Waals surface area contributed by atoms with E-state index in [-0.39, 0.29) is 0 Å². The standard InChI is InChI=1S/C10H10N4S/c11-14-9-2-1-3-10(13-9)15-8-4-6-12-7-5-8/h1-7H,11H2,(H,13,14). The highest BCUT2D eigenvalue weighted by Gasteiger charge is 1.98. The van der Waals surface area contributed by atoms with Crippen LogP contribution in [0.3, 0.4) is 0 Å². The Kier molecular flexibility index (Phi) is 3.16. The average molecular weight is 218 g/mol. The normalized spacial score (nSPS) is 9.93. The van der Waals surface area contributed by atoms with Crippen LogP contribution in [0.1, 0.15) is 0 Å². The molecule has 0 unspecified atom stereocenters. The van der Waals surface area contributed by atoms with Crippen molar-refractivity contribution in [2.75, 3.05) is 5.43 Å². The first-order valence-electron chi connectivity index (χ1n) is 4.40. The molecule has 5 heteroatoms. The fourth-order valence-corrected chi connectivity index (χ4v) is 1.87. The van der Waals surface area contributed by atoms with Gasteiger partial charge in [0.05, 0.1) is 0 Å². The summed E-state index contributed by atoms with van der Waals surface area (Å²) in [6, 6.07) is 9.54. The summed E-state index contributed by atoms with van der Waals surface area (Å²) in [7, 11) is 0. The summed E-state index contributed by atoms with van der Waals surface area (Å²) in [5.41, 5.74) is 2.52. The van der Waals surface area contributed by atoms with E-state index in [0.717, 1.165) is 9.92 Å². The van der Waals surface area contributed by atoms with Gasteiger partial charge < -0.3 is 5.43 Å². The molecule has 0 fully saturated rings. The maximum atomic E-state index is 5.28. The number of hydrogen-bond donors (Lipinski definition) is 2. The number of nitrogens with one attached hydrogen (secondary N) is 1. The molecule has 0 aliphatic carbocycles. The molecule has 0 spiro atoms. The van der Waals surface area contributed by atoms with E-state index in [2.05, 4.69) is 15.4 Å². The summed E-state index contributed by atoms with van der Waals surface area (Å²) >= 11 is 1.57. The summed E-state index contributed by atoms with van der Waals surface area (Å²) in [6.07, 6.45) is 3.51. The van der Waals surface area contributed by atoms with Crippen molar-refractivity contribution in [1.29, 1.82) is 0 Å². The number of aromatic nitrogens is 2. The Labute approximate surface area is 91.9 Å². The van der Waals surface area contributed by atoms with Gasteiger partial charge in [0.25, 0.3) is 0 Å². The SMILES string of the molecule is NNc1cccc(Sc2ccncc2)n1. The second kappa shape index (κ2) is 4.77. The first kappa shape index (κ1) is 9.95. The Bertz CT molecular complexity index is 432. The van der Waals surface area contributed by atoms with Gasteiger partial charge in [-0.15, -0.1) is 0 Å². The van der Waals surface area contributed by atoms with Gasteiger partial charge in [0, 0.05) is 17.3 Å². The Morgan fingerprint density at radius 2 is 1.93 bits per heavy atom. The van der Waals surface area contributed by atoms with Crippen molar-refractivity contribution in [3.05, 3.63) is 42.7 Å². The van der Waals surface area contributed by atoms with E-state index in [9.17, 15) is 0 Å².